The summed E-state index contributed by atoms with van der Waals surface area (Å²) in [6.45, 7) is 9.83. The molecule has 1 unspecified atom stereocenters. The van der Waals surface area contributed by atoms with Gasteiger partial charge in [0.05, 0.1) is 10.6 Å². The summed E-state index contributed by atoms with van der Waals surface area (Å²) in [7, 11) is 0. The van der Waals surface area contributed by atoms with Gasteiger partial charge in [0.15, 0.2) is 0 Å². The fourth-order valence-electron chi connectivity index (χ4n) is 2.16. The number of aromatic nitrogens is 2. The van der Waals surface area contributed by atoms with Crippen LogP contribution in [0.1, 0.15) is 63.6 Å². The van der Waals surface area contributed by atoms with E-state index in [2.05, 4.69) is 42.6 Å². The van der Waals surface area contributed by atoms with Gasteiger partial charge in [-0.3, -0.25) is 0 Å². The number of hydrogen-bond acceptors (Lipinski definition) is 4. The summed E-state index contributed by atoms with van der Waals surface area (Å²) < 4.78 is 4.17. The van der Waals surface area contributed by atoms with Crippen LogP contribution in [-0.2, 0) is 5.41 Å². The predicted octanol–water partition coefficient (Wildman–Crippen LogP) is 3.29. The van der Waals surface area contributed by atoms with E-state index in [1.165, 1.54) is 29.8 Å². The van der Waals surface area contributed by atoms with Crippen LogP contribution in [0, 0.1) is 5.92 Å². The molecule has 0 bridgehead atoms. The third-order valence-electron chi connectivity index (χ3n) is 3.26. The van der Waals surface area contributed by atoms with Crippen molar-refractivity contribution in [3.8, 4) is 0 Å². The first kappa shape index (κ1) is 13.0. The van der Waals surface area contributed by atoms with Crippen molar-refractivity contribution >= 4 is 11.5 Å². The highest BCUT2D eigenvalue weighted by molar-refractivity contribution is 7.05. The summed E-state index contributed by atoms with van der Waals surface area (Å²) in [6, 6.07) is 0.460. The van der Waals surface area contributed by atoms with E-state index < -0.39 is 0 Å². The highest BCUT2D eigenvalue weighted by Gasteiger charge is 2.31. The van der Waals surface area contributed by atoms with Crippen molar-refractivity contribution in [2.45, 2.75) is 58.4 Å². The third-order valence-corrected chi connectivity index (χ3v) is 4.09. The molecule has 0 amide bonds. The molecule has 17 heavy (non-hydrogen) atoms. The highest BCUT2D eigenvalue weighted by atomic mass is 32.1. The van der Waals surface area contributed by atoms with Crippen LogP contribution in [0.3, 0.4) is 0 Å². The van der Waals surface area contributed by atoms with Crippen LogP contribution in [0.15, 0.2) is 0 Å². The molecule has 1 aliphatic rings. The van der Waals surface area contributed by atoms with E-state index in [9.17, 15) is 0 Å². The Morgan fingerprint density at radius 1 is 1.41 bits per heavy atom. The maximum absolute atomic E-state index is 4.35. The molecular weight excluding hydrogens is 230 g/mol. The van der Waals surface area contributed by atoms with Crippen molar-refractivity contribution in [3.63, 3.8) is 0 Å². The molecule has 1 aromatic heterocycles. The first-order chi connectivity index (χ1) is 8.02. The van der Waals surface area contributed by atoms with Gasteiger partial charge < -0.3 is 5.32 Å². The Bertz CT molecular complexity index is 363. The monoisotopic (exact) mass is 253 g/mol. The lowest BCUT2D eigenvalue weighted by Crippen LogP contribution is -2.24. The van der Waals surface area contributed by atoms with Gasteiger partial charge in [-0.1, -0.05) is 45.0 Å². The van der Waals surface area contributed by atoms with Crippen LogP contribution in [0.25, 0.3) is 0 Å². The molecule has 96 valence electrons. The number of nitrogens with zero attached hydrogens (tertiary/aromatic N) is 2. The lowest BCUT2D eigenvalue weighted by atomic mass is 9.89. The Morgan fingerprint density at radius 2 is 2.12 bits per heavy atom. The molecule has 3 nitrogen and oxygen atoms in total. The molecule has 1 aromatic rings. The standard InChI is InChI=1S/C13H23N3S/c1-5-14-10(8-9-6-7-9)11-12(13(2,3)4)15-16-17-11/h9-10,14H,5-8H2,1-4H3. The topological polar surface area (TPSA) is 37.8 Å². The van der Waals surface area contributed by atoms with Crippen LogP contribution >= 0.6 is 11.5 Å². The average molecular weight is 253 g/mol. The average Bonchev–Trinajstić information content (AvgIpc) is 2.91. The lowest BCUT2D eigenvalue weighted by Gasteiger charge is -2.22. The Labute approximate surface area is 108 Å². The van der Waals surface area contributed by atoms with Gasteiger partial charge in [-0.05, 0) is 30.4 Å². The van der Waals surface area contributed by atoms with Crippen LogP contribution in [0.5, 0.6) is 0 Å². The Morgan fingerprint density at radius 3 is 2.65 bits per heavy atom. The molecule has 4 heteroatoms. The minimum atomic E-state index is 0.0968. The minimum absolute atomic E-state index is 0.0968. The maximum Gasteiger partial charge on any atom is 0.0857 e. The van der Waals surface area contributed by atoms with Crippen molar-refractivity contribution in [2.24, 2.45) is 5.92 Å². The normalized spacial score (nSPS) is 18.4. The third kappa shape index (κ3) is 3.26. The molecule has 2 rings (SSSR count). The van der Waals surface area contributed by atoms with E-state index in [0.717, 1.165) is 12.5 Å². The first-order valence-electron chi connectivity index (χ1n) is 6.58. The fourth-order valence-corrected chi connectivity index (χ4v) is 3.11. The van der Waals surface area contributed by atoms with Crippen molar-refractivity contribution < 1.29 is 0 Å². The van der Waals surface area contributed by atoms with Crippen molar-refractivity contribution in [3.05, 3.63) is 10.6 Å². The summed E-state index contributed by atoms with van der Waals surface area (Å²) >= 11 is 1.57. The molecule has 1 N–H and O–H groups in total. The minimum Gasteiger partial charge on any atom is -0.309 e. The molecule has 1 atom stereocenters. The van der Waals surface area contributed by atoms with Crippen LogP contribution in [-0.4, -0.2) is 16.1 Å². The summed E-state index contributed by atoms with van der Waals surface area (Å²) in [5, 5.41) is 7.95. The molecule has 1 fully saturated rings. The number of hydrogen-bond donors (Lipinski definition) is 1. The van der Waals surface area contributed by atoms with Gasteiger partial charge in [0.2, 0.25) is 0 Å². The van der Waals surface area contributed by atoms with Gasteiger partial charge in [-0.15, -0.1) is 5.10 Å². The molecule has 0 spiro atoms. The number of nitrogens with one attached hydrogen (secondary N) is 1. The van der Waals surface area contributed by atoms with E-state index in [-0.39, 0.29) is 5.41 Å². The van der Waals surface area contributed by atoms with E-state index in [0.29, 0.717) is 6.04 Å². The van der Waals surface area contributed by atoms with Gasteiger partial charge in [0.25, 0.3) is 0 Å². The van der Waals surface area contributed by atoms with Crippen molar-refractivity contribution in [1.29, 1.82) is 0 Å². The molecule has 0 aromatic carbocycles. The molecule has 1 saturated carbocycles. The molecule has 0 aliphatic heterocycles. The van der Waals surface area contributed by atoms with Crippen LogP contribution in [0.2, 0.25) is 0 Å². The molecule has 0 saturated heterocycles. The second-order valence-corrected chi connectivity index (χ2v) is 6.81. The zero-order valence-electron chi connectivity index (χ0n) is 11.3. The molecule has 1 heterocycles. The predicted molar refractivity (Wildman–Crippen MR) is 72.4 cm³/mol. The Balaban J connectivity index is 2.19. The largest absolute Gasteiger partial charge is 0.309 e. The number of rotatable bonds is 5. The first-order valence-corrected chi connectivity index (χ1v) is 7.35. The zero-order chi connectivity index (χ0) is 12.5. The zero-order valence-corrected chi connectivity index (χ0v) is 12.1. The van der Waals surface area contributed by atoms with E-state index in [4.69, 9.17) is 0 Å². The Hall–Kier alpha value is -0.480. The molecular formula is C13H23N3S. The second kappa shape index (κ2) is 5.02. The second-order valence-electron chi connectivity index (χ2n) is 6.03. The maximum atomic E-state index is 4.35. The molecule has 1 aliphatic carbocycles. The summed E-state index contributed by atoms with van der Waals surface area (Å²) in [5.74, 6) is 0.925. The van der Waals surface area contributed by atoms with Crippen molar-refractivity contribution in [1.82, 2.24) is 14.9 Å². The van der Waals surface area contributed by atoms with Crippen LogP contribution in [0.4, 0.5) is 0 Å². The quantitative estimate of drug-likeness (QED) is 0.875. The highest BCUT2D eigenvalue weighted by Crippen LogP contribution is 2.40. The summed E-state index contributed by atoms with van der Waals surface area (Å²) in [4.78, 5) is 1.35. The van der Waals surface area contributed by atoms with Crippen LogP contribution < -0.4 is 5.32 Å². The van der Waals surface area contributed by atoms with Gasteiger partial charge >= 0.3 is 0 Å². The fraction of sp³-hybridized carbons (Fsp3) is 0.846. The van der Waals surface area contributed by atoms with Crippen molar-refractivity contribution in [2.75, 3.05) is 6.54 Å². The molecule has 0 radical (unpaired) electrons. The summed E-state index contributed by atoms with van der Waals surface area (Å²) in [5.41, 5.74) is 1.27. The SMILES string of the molecule is CCNC(CC1CC1)c1snnc1C(C)(C)C. The van der Waals surface area contributed by atoms with Gasteiger partial charge in [-0.2, -0.15) is 0 Å². The van der Waals surface area contributed by atoms with Gasteiger partial charge in [0.1, 0.15) is 0 Å². The lowest BCUT2D eigenvalue weighted by molar-refractivity contribution is 0.473. The van der Waals surface area contributed by atoms with E-state index in [1.807, 2.05) is 0 Å². The Kier molecular flexibility index (Phi) is 3.83. The van der Waals surface area contributed by atoms with Gasteiger partial charge in [-0.25, -0.2) is 0 Å². The van der Waals surface area contributed by atoms with Gasteiger partial charge in [0, 0.05) is 11.5 Å². The van der Waals surface area contributed by atoms with E-state index in [1.54, 1.807) is 11.5 Å². The van der Waals surface area contributed by atoms with E-state index >= 15 is 0 Å². The smallest absolute Gasteiger partial charge is 0.0857 e. The summed E-state index contributed by atoms with van der Waals surface area (Å²) in [6.07, 6.45) is 4.05.